The molecule has 8 aromatic rings. The summed E-state index contributed by atoms with van der Waals surface area (Å²) in [6.45, 7) is 26.9. The second kappa shape index (κ2) is 48.6. The fraction of sp³-hybridized carbons (Fsp3) is 0.476. The van der Waals surface area contributed by atoms with Crippen LogP contribution in [-0.2, 0) is 38.1 Å². The van der Waals surface area contributed by atoms with Gasteiger partial charge in [-0.15, -0.1) is 0 Å². The Labute approximate surface area is 716 Å². The predicted octanol–water partition coefficient (Wildman–Crippen LogP) is 3.47. The van der Waals surface area contributed by atoms with Crippen molar-refractivity contribution < 1.29 is 57.1 Å². The van der Waals surface area contributed by atoms with E-state index in [1.54, 1.807) is 76.7 Å². The van der Waals surface area contributed by atoms with Crippen LogP contribution in [0.1, 0.15) is 97.9 Å². The van der Waals surface area contributed by atoms with E-state index in [0.717, 1.165) is 23.3 Å². The molecule has 0 spiro atoms. The van der Waals surface area contributed by atoms with Crippen molar-refractivity contribution in [2.24, 2.45) is 0 Å². The summed E-state index contributed by atoms with van der Waals surface area (Å²) in [5, 5.41) is 59.7. The largest absolute Gasteiger partial charge is 0.489 e. The van der Waals surface area contributed by atoms with E-state index in [4.69, 9.17) is 58.9 Å². The van der Waals surface area contributed by atoms with Crippen molar-refractivity contribution in [1.82, 2.24) is 80.3 Å². The summed E-state index contributed by atoms with van der Waals surface area (Å²) in [5.74, 6) is 5.15. The number of ether oxygens (including phenoxy) is 8. The van der Waals surface area contributed by atoms with Gasteiger partial charge in [-0.3, -0.25) is 38.4 Å². The Kier molecular flexibility index (Phi) is 36.9. The molecule has 8 aromatic heterocycles. The summed E-state index contributed by atoms with van der Waals surface area (Å²) in [7, 11) is 0. The Hall–Kier alpha value is -13.8. The number of carbonyl (C=O) groups is 4. The van der Waals surface area contributed by atoms with Crippen LogP contribution in [0.4, 0.5) is 23.3 Å². The molecule has 4 aliphatic heterocycles. The zero-order valence-electron chi connectivity index (χ0n) is 70.8. The topological polar surface area (TPSA) is 498 Å². The van der Waals surface area contributed by atoms with Gasteiger partial charge >= 0.3 is 0 Å². The Bertz CT molecular complexity index is 4870. The summed E-state index contributed by atoms with van der Waals surface area (Å²) in [4.78, 5) is 129. The van der Waals surface area contributed by atoms with Gasteiger partial charge in [0, 0.05) is 130 Å². The Morgan fingerprint density at radius 2 is 0.581 bits per heavy atom. The number of H-pyrrole nitrogens is 4. The summed E-state index contributed by atoms with van der Waals surface area (Å²) in [6.07, 6.45) is 12.2. The minimum absolute atomic E-state index is 0.0511. The number of anilines is 4. The fourth-order valence-corrected chi connectivity index (χ4v) is 12.8. The summed E-state index contributed by atoms with van der Waals surface area (Å²) < 4.78 is 45.1. The zero-order chi connectivity index (χ0) is 88.9. The van der Waals surface area contributed by atoms with E-state index in [0.29, 0.717) is 238 Å². The first-order chi connectivity index (χ1) is 59.9. The number of rotatable bonds is 32. The van der Waals surface area contributed by atoms with E-state index in [1.165, 1.54) is 24.8 Å². The first-order valence-corrected chi connectivity index (χ1v) is 40.6. The van der Waals surface area contributed by atoms with Crippen molar-refractivity contribution >= 4 is 46.9 Å². The van der Waals surface area contributed by atoms with Crippen LogP contribution in [0.15, 0.2) is 117 Å². The van der Waals surface area contributed by atoms with Crippen LogP contribution in [0.5, 0.6) is 23.0 Å². The SMILES string of the molecule is Cc1c(OC[C@@H](C)OCCC(=O)N2CCN(c3ccc(C#N)cn3)CC2)cn[nH]c1=O.Cc1c(OC[C@H](C)OCCC(=O)N2CCN(c3ccc(C#N)cn3)CC2)cn[nH]c1=O.Cc1c(O[C@@H](C)COCCC(=O)N2CCN(c3ccc(C#N)cn3)CC2)cn[nH]c1=O.Cc1c(O[C@H](C)COCCC(=O)N2CCN(c3ccc(C#N)cn3)CC2)cn[nH]c1=O. The van der Waals surface area contributed by atoms with Crippen molar-refractivity contribution in [3.8, 4) is 47.3 Å². The van der Waals surface area contributed by atoms with E-state index < -0.39 is 0 Å². The lowest BCUT2D eigenvalue weighted by Crippen LogP contribution is -2.49. The van der Waals surface area contributed by atoms with Gasteiger partial charge in [0.15, 0.2) is 0 Å². The van der Waals surface area contributed by atoms with E-state index in [1.807, 2.05) is 71.6 Å². The van der Waals surface area contributed by atoms with Crippen LogP contribution < -0.4 is 60.8 Å². The second-order valence-electron chi connectivity index (χ2n) is 29.3. The average molecular weight is 1710 g/mol. The van der Waals surface area contributed by atoms with Gasteiger partial charge in [0.25, 0.3) is 22.2 Å². The monoisotopic (exact) mass is 1700 g/mol. The van der Waals surface area contributed by atoms with Crippen LogP contribution >= 0.6 is 0 Å². The van der Waals surface area contributed by atoms with Gasteiger partial charge in [-0.1, -0.05) is 0 Å². The number of carbonyl (C=O) groups excluding carboxylic acids is 4. The third-order valence-electron chi connectivity index (χ3n) is 20.2. The molecule has 0 unspecified atom stereocenters. The molecule has 4 N–H and O–H groups in total. The molecule has 4 aliphatic rings. The van der Waals surface area contributed by atoms with Crippen LogP contribution in [0.2, 0.25) is 0 Å². The maximum atomic E-state index is 12.5. The Morgan fingerprint density at radius 1 is 0.339 bits per heavy atom. The molecular weight excluding hydrogens is 1600 g/mol. The molecule has 0 bridgehead atoms. The summed E-state index contributed by atoms with van der Waals surface area (Å²) in [6, 6.07) is 22.5. The standard InChI is InChI=1S/4C21H26N6O4/c2*1-15(14-31-18-13-24-25-21(29)16(18)2)30-10-5-20(28)27-8-6-26(7-9-27)19-4-3-17(11-22)12-23-19;2*1-15(31-18-13-24-25-21(29)16(18)2)14-30-10-5-20(28)27-8-6-26(7-9-27)19-4-3-17(11-22)12-23-19/h4*3-4,12-13,15H,5-10,14H2,1-2H3,(H,25,29)/t4*15-/m1010/s1. The van der Waals surface area contributed by atoms with Crippen LogP contribution in [0.3, 0.4) is 0 Å². The van der Waals surface area contributed by atoms with Gasteiger partial charge in [-0.2, -0.15) is 41.4 Å². The molecule has 40 nitrogen and oxygen atoms in total. The number of nitriles is 4. The number of pyridine rings is 4. The van der Waals surface area contributed by atoms with Gasteiger partial charge in [0.05, 0.1) is 147 Å². The maximum absolute atomic E-state index is 12.5. The molecule has 0 aromatic carbocycles. The smallest absolute Gasteiger partial charge is 0.270 e. The molecule has 124 heavy (non-hydrogen) atoms. The first-order valence-electron chi connectivity index (χ1n) is 40.6. The molecule has 12 rings (SSSR count). The Balaban J connectivity index is 0.000000187. The third kappa shape index (κ3) is 29.2. The summed E-state index contributed by atoms with van der Waals surface area (Å²) >= 11 is 0. The lowest BCUT2D eigenvalue weighted by molar-refractivity contribution is -0.134. The van der Waals surface area contributed by atoms with Gasteiger partial charge in [0.2, 0.25) is 23.6 Å². The number of amides is 4. The minimum Gasteiger partial charge on any atom is -0.489 e. The number of hydrogen-bond donors (Lipinski definition) is 4. The molecule has 4 saturated heterocycles. The van der Waals surface area contributed by atoms with Crippen molar-refractivity contribution in [2.75, 3.05) is 177 Å². The number of aromatic nitrogens is 12. The van der Waals surface area contributed by atoms with Crippen LogP contribution in [0, 0.1) is 73.0 Å². The molecule has 12 heterocycles. The van der Waals surface area contributed by atoms with Crippen LogP contribution in [-0.4, -0.2) is 286 Å². The van der Waals surface area contributed by atoms with Gasteiger partial charge in [0.1, 0.15) is 96.0 Å². The van der Waals surface area contributed by atoms with E-state index >= 15 is 0 Å². The molecule has 0 saturated carbocycles. The zero-order valence-corrected chi connectivity index (χ0v) is 70.8. The summed E-state index contributed by atoms with van der Waals surface area (Å²) in [5.41, 5.74) is 2.84. The highest BCUT2D eigenvalue weighted by Gasteiger charge is 2.28. The average Bonchev–Trinajstić information content (AvgIpc) is 0.845. The van der Waals surface area contributed by atoms with Crippen molar-refractivity contribution in [2.45, 2.75) is 105 Å². The maximum Gasteiger partial charge on any atom is 0.270 e. The number of hydrogen-bond acceptors (Lipinski definition) is 32. The predicted molar refractivity (Wildman–Crippen MR) is 451 cm³/mol. The van der Waals surface area contributed by atoms with E-state index in [-0.39, 0.29) is 83.5 Å². The highest BCUT2D eigenvalue weighted by atomic mass is 16.5. The highest BCUT2D eigenvalue weighted by Crippen LogP contribution is 2.22. The van der Waals surface area contributed by atoms with E-state index in [2.05, 4.69) is 105 Å². The lowest BCUT2D eigenvalue weighted by Gasteiger charge is -2.35. The number of aromatic amines is 4. The second-order valence-corrected chi connectivity index (χ2v) is 29.3. The number of nitrogens with one attached hydrogen (secondary N) is 4. The van der Waals surface area contributed by atoms with Gasteiger partial charge < -0.3 is 77.1 Å². The first kappa shape index (κ1) is 94.1. The fourth-order valence-electron chi connectivity index (χ4n) is 12.8. The van der Waals surface area contributed by atoms with Crippen molar-refractivity contribution in [1.29, 1.82) is 21.0 Å². The molecule has 4 atom stereocenters. The molecule has 0 radical (unpaired) electrons. The number of nitrogens with zero attached hydrogens (tertiary/aromatic N) is 20. The molecule has 0 aliphatic carbocycles. The van der Waals surface area contributed by atoms with Crippen molar-refractivity contribution in [3.05, 3.63) is 184 Å². The normalized spacial score (nSPS) is 14.7. The quantitative estimate of drug-likeness (QED) is 0.0438. The lowest BCUT2D eigenvalue weighted by atomic mass is 10.2. The van der Waals surface area contributed by atoms with Gasteiger partial charge in [-0.25, -0.2) is 40.3 Å². The van der Waals surface area contributed by atoms with E-state index in [9.17, 15) is 38.4 Å². The number of piperazine rings is 4. The van der Waals surface area contributed by atoms with Gasteiger partial charge in [-0.05, 0) is 104 Å². The molecule has 656 valence electrons. The highest BCUT2D eigenvalue weighted by molar-refractivity contribution is 5.78. The molecule has 40 heteroatoms. The Morgan fingerprint density at radius 3 is 0.823 bits per heavy atom. The molecular formula is C84H104N24O16. The molecule has 4 fully saturated rings. The minimum atomic E-state index is -0.286. The van der Waals surface area contributed by atoms with Crippen LogP contribution in [0.25, 0.3) is 0 Å². The third-order valence-corrected chi connectivity index (χ3v) is 20.2. The van der Waals surface area contributed by atoms with Crippen molar-refractivity contribution in [3.63, 3.8) is 0 Å². The molecule has 4 amide bonds.